The highest BCUT2D eigenvalue weighted by molar-refractivity contribution is 5.74. The van der Waals surface area contributed by atoms with Gasteiger partial charge in [0.2, 0.25) is 0 Å². The van der Waals surface area contributed by atoms with Gasteiger partial charge in [0.05, 0.1) is 6.54 Å². The second-order valence-corrected chi connectivity index (χ2v) is 6.36. The van der Waals surface area contributed by atoms with Crippen molar-refractivity contribution in [1.29, 1.82) is 0 Å². The third-order valence-corrected chi connectivity index (χ3v) is 4.57. The van der Waals surface area contributed by atoms with Crippen molar-refractivity contribution >= 4 is 6.03 Å². The molecule has 0 bridgehead atoms. The summed E-state index contributed by atoms with van der Waals surface area (Å²) in [6.07, 6.45) is 6.80. The Labute approximate surface area is 146 Å². The van der Waals surface area contributed by atoms with Crippen molar-refractivity contribution in [2.45, 2.75) is 44.2 Å². The van der Waals surface area contributed by atoms with E-state index in [4.69, 9.17) is 4.74 Å². The third-order valence-electron chi connectivity index (χ3n) is 4.57. The Morgan fingerprint density at radius 2 is 2.20 bits per heavy atom. The van der Waals surface area contributed by atoms with Gasteiger partial charge < -0.3 is 15.4 Å². The molecule has 134 valence electrons. The van der Waals surface area contributed by atoms with Crippen LogP contribution in [0.3, 0.4) is 0 Å². The fourth-order valence-corrected chi connectivity index (χ4v) is 3.22. The van der Waals surface area contributed by atoms with Gasteiger partial charge >= 0.3 is 6.03 Å². The zero-order valence-electron chi connectivity index (χ0n) is 14.4. The Hall–Kier alpha value is -2.48. The van der Waals surface area contributed by atoms with Crippen LogP contribution in [-0.2, 0) is 11.3 Å². The van der Waals surface area contributed by atoms with Crippen LogP contribution in [0.2, 0.25) is 0 Å². The molecule has 0 aromatic carbocycles. The normalized spacial score (nSPS) is 15.9. The smallest absolute Gasteiger partial charge is 0.315 e. The van der Waals surface area contributed by atoms with Crippen LogP contribution in [0, 0.1) is 0 Å². The first kappa shape index (κ1) is 17.3. The topological polar surface area (TPSA) is 105 Å². The Kier molecular flexibility index (Phi) is 5.60. The van der Waals surface area contributed by atoms with E-state index < -0.39 is 0 Å². The molecule has 0 aliphatic heterocycles. The second-order valence-electron chi connectivity index (χ2n) is 6.36. The number of ether oxygens (including phenoxy) is 1. The van der Waals surface area contributed by atoms with Crippen LogP contribution in [0.4, 0.5) is 4.79 Å². The summed E-state index contributed by atoms with van der Waals surface area (Å²) in [5, 5.41) is 12.9. The van der Waals surface area contributed by atoms with E-state index in [2.05, 4.69) is 30.8 Å². The predicted octanol–water partition coefficient (Wildman–Crippen LogP) is 2.02. The summed E-state index contributed by atoms with van der Waals surface area (Å²) in [6.45, 7) is 0.932. The lowest BCUT2D eigenvalue weighted by Crippen LogP contribution is -2.51. The Bertz CT molecular complexity index is 681. The molecule has 0 atom stereocenters. The number of rotatable bonds is 7. The lowest BCUT2D eigenvalue weighted by molar-refractivity contribution is 0.155. The number of methoxy groups -OCH3 is 1. The van der Waals surface area contributed by atoms with Crippen LogP contribution in [0.25, 0.3) is 11.5 Å². The van der Waals surface area contributed by atoms with Gasteiger partial charge in [-0.15, -0.1) is 0 Å². The highest BCUT2D eigenvalue weighted by atomic mass is 16.5. The molecule has 0 unspecified atom stereocenters. The molecule has 2 amide bonds. The second kappa shape index (κ2) is 8.06. The van der Waals surface area contributed by atoms with E-state index in [0.29, 0.717) is 23.9 Å². The molecule has 1 aliphatic carbocycles. The molecule has 1 saturated carbocycles. The van der Waals surface area contributed by atoms with Crippen molar-refractivity contribution in [2.24, 2.45) is 0 Å². The standard InChI is InChI=1S/C17H24N6O2/c1-25-11-9-17(7-3-4-8-17)21-16(24)19-12-14-20-15(23-22-14)13-6-2-5-10-18-13/h2,5-6,10H,3-4,7-9,11-12H2,1H3,(H2,19,21,24)(H,20,22,23). The number of urea groups is 1. The van der Waals surface area contributed by atoms with Crippen molar-refractivity contribution < 1.29 is 9.53 Å². The van der Waals surface area contributed by atoms with Gasteiger partial charge in [-0.2, -0.15) is 5.10 Å². The first-order valence-corrected chi connectivity index (χ1v) is 8.58. The summed E-state index contributed by atoms with van der Waals surface area (Å²) in [5.74, 6) is 1.11. The number of carbonyl (C=O) groups excluding carboxylic acids is 1. The Morgan fingerprint density at radius 3 is 2.92 bits per heavy atom. The minimum Gasteiger partial charge on any atom is -0.385 e. The van der Waals surface area contributed by atoms with Gasteiger partial charge in [0.1, 0.15) is 11.5 Å². The van der Waals surface area contributed by atoms with Crippen LogP contribution in [0.15, 0.2) is 24.4 Å². The molecule has 1 fully saturated rings. The number of H-pyrrole nitrogens is 1. The van der Waals surface area contributed by atoms with E-state index in [0.717, 1.165) is 32.1 Å². The highest BCUT2D eigenvalue weighted by Crippen LogP contribution is 2.32. The predicted molar refractivity (Wildman–Crippen MR) is 92.7 cm³/mol. The fraction of sp³-hybridized carbons (Fsp3) is 0.529. The molecule has 3 N–H and O–H groups in total. The van der Waals surface area contributed by atoms with Crippen LogP contribution in [0.1, 0.15) is 37.9 Å². The van der Waals surface area contributed by atoms with Gasteiger partial charge in [-0.25, -0.2) is 9.78 Å². The lowest BCUT2D eigenvalue weighted by atomic mass is 9.94. The summed E-state index contributed by atoms with van der Waals surface area (Å²) in [4.78, 5) is 20.8. The molecule has 2 heterocycles. The SMILES string of the molecule is COCCC1(NC(=O)NCc2nc(-c3ccccn3)n[nH]2)CCCC1. The number of aromatic amines is 1. The monoisotopic (exact) mass is 344 g/mol. The summed E-state index contributed by atoms with van der Waals surface area (Å²) in [6, 6.07) is 5.37. The van der Waals surface area contributed by atoms with Gasteiger partial charge in [0, 0.05) is 25.5 Å². The number of nitrogens with one attached hydrogen (secondary N) is 3. The molecule has 8 nitrogen and oxygen atoms in total. The summed E-state index contributed by atoms with van der Waals surface area (Å²) in [7, 11) is 1.69. The molecule has 0 radical (unpaired) electrons. The summed E-state index contributed by atoms with van der Waals surface area (Å²) < 4.78 is 5.18. The number of aromatic nitrogens is 4. The number of pyridine rings is 1. The average molecular weight is 344 g/mol. The Balaban J connectivity index is 1.53. The van der Waals surface area contributed by atoms with Crippen LogP contribution in [0.5, 0.6) is 0 Å². The number of nitrogens with zero attached hydrogens (tertiary/aromatic N) is 3. The minimum absolute atomic E-state index is 0.152. The van der Waals surface area contributed by atoms with Gasteiger partial charge in [0.25, 0.3) is 0 Å². The van der Waals surface area contributed by atoms with Crippen molar-refractivity contribution in [2.75, 3.05) is 13.7 Å². The van der Waals surface area contributed by atoms with E-state index >= 15 is 0 Å². The van der Waals surface area contributed by atoms with E-state index in [-0.39, 0.29) is 18.1 Å². The zero-order valence-corrected chi connectivity index (χ0v) is 14.4. The van der Waals surface area contributed by atoms with Gasteiger partial charge in [-0.1, -0.05) is 18.9 Å². The van der Waals surface area contributed by atoms with Crippen molar-refractivity contribution in [3.63, 3.8) is 0 Å². The van der Waals surface area contributed by atoms with Crippen LogP contribution >= 0.6 is 0 Å². The van der Waals surface area contributed by atoms with Crippen molar-refractivity contribution in [1.82, 2.24) is 30.8 Å². The fourth-order valence-electron chi connectivity index (χ4n) is 3.22. The van der Waals surface area contributed by atoms with E-state index in [1.165, 1.54) is 0 Å². The molecular formula is C17H24N6O2. The van der Waals surface area contributed by atoms with Crippen molar-refractivity contribution in [3.05, 3.63) is 30.2 Å². The zero-order chi connectivity index (χ0) is 17.5. The number of hydrogen-bond acceptors (Lipinski definition) is 5. The van der Waals surface area contributed by atoms with Crippen LogP contribution < -0.4 is 10.6 Å². The van der Waals surface area contributed by atoms with Crippen LogP contribution in [-0.4, -0.2) is 45.5 Å². The quantitative estimate of drug-likeness (QED) is 0.713. The molecule has 1 aliphatic rings. The summed E-state index contributed by atoms with van der Waals surface area (Å²) in [5.41, 5.74) is 0.541. The van der Waals surface area contributed by atoms with E-state index in [1.54, 1.807) is 13.3 Å². The first-order chi connectivity index (χ1) is 12.2. The molecule has 2 aromatic rings. The molecule has 0 spiro atoms. The highest BCUT2D eigenvalue weighted by Gasteiger charge is 2.34. The maximum atomic E-state index is 12.3. The summed E-state index contributed by atoms with van der Waals surface area (Å²) >= 11 is 0. The first-order valence-electron chi connectivity index (χ1n) is 8.58. The van der Waals surface area contributed by atoms with Gasteiger partial charge in [-0.05, 0) is 31.4 Å². The molecule has 3 rings (SSSR count). The van der Waals surface area contributed by atoms with Crippen molar-refractivity contribution in [3.8, 4) is 11.5 Å². The van der Waals surface area contributed by atoms with E-state index in [1.807, 2.05) is 18.2 Å². The van der Waals surface area contributed by atoms with Gasteiger partial charge in [-0.3, -0.25) is 10.1 Å². The van der Waals surface area contributed by atoms with E-state index in [9.17, 15) is 4.79 Å². The molecule has 2 aromatic heterocycles. The minimum atomic E-state index is -0.186. The average Bonchev–Trinajstić information content (AvgIpc) is 3.29. The Morgan fingerprint density at radius 1 is 1.36 bits per heavy atom. The number of hydrogen-bond donors (Lipinski definition) is 3. The maximum absolute atomic E-state index is 12.3. The molecule has 25 heavy (non-hydrogen) atoms. The largest absolute Gasteiger partial charge is 0.385 e. The number of amides is 2. The maximum Gasteiger partial charge on any atom is 0.315 e. The molecular weight excluding hydrogens is 320 g/mol. The number of carbonyl (C=O) groups is 1. The van der Waals surface area contributed by atoms with Gasteiger partial charge in [0.15, 0.2) is 5.82 Å². The third kappa shape index (κ3) is 4.54. The molecule has 0 saturated heterocycles. The molecule has 8 heteroatoms. The lowest BCUT2D eigenvalue weighted by Gasteiger charge is -2.30.